The first kappa shape index (κ1) is 53.6. The Hall–Kier alpha value is -3.72. The van der Waals surface area contributed by atoms with Crippen molar-refractivity contribution in [1.82, 2.24) is 0 Å². The highest BCUT2D eigenvalue weighted by atomic mass is 28.4. The van der Waals surface area contributed by atoms with Gasteiger partial charge in [0, 0.05) is 18.3 Å². The molecule has 0 saturated carbocycles. The number of alkyl halides is 17. The van der Waals surface area contributed by atoms with Crippen molar-refractivity contribution in [3.8, 4) is 0 Å². The molecule has 0 bridgehead atoms. The van der Waals surface area contributed by atoms with Crippen molar-refractivity contribution in [2.75, 3.05) is 6.61 Å². The van der Waals surface area contributed by atoms with Crippen LogP contribution >= 0.6 is 0 Å². The molecule has 0 radical (unpaired) electrons. The van der Waals surface area contributed by atoms with Crippen LogP contribution in [0, 0.1) is 11.8 Å². The van der Waals surface area contributed by atoms with Gasteiger partial charge in [0.15, 0.2) is 8.32 Å². The second-order valence-corrected chi connectivity index (χ2v) is 21.0. The largest absolute Gasteiger partial charge is 0.460 e. The SMILES string of the molecule is CC(C=O)C(O[Si](CCC(F)(F)C(F)(F)C(F)(F)C(F)(F)C(F)(F)C(F)(F)C(F)(F)C(F)(F)F)(C(C)C)C(C)C)C(C)COC(c1ccccc1)(c1ccccc1)c1ccccc1. The van der Waals surface area contributed by atoms with Crippen molar-refractivity contribution < 1.29 is 88.6 Å². The maximum atomic E-state index is 15.4. The number of hydrogen-bond donors (Lipinski definition) is 0. The van der Waals surface area contributed by atoms with Gasteiger partial charge in [-0.05, 0) is 33.8 Å². The maximum absolute atomic E-state index is 15.4. The molecule has 0 aliphatic rings. The summed E-state index contributed by atoms with van der Waals surface area (Å²) in [6, 6.07) is 25.0. The van der Waals surface area contributed by atoms with Crippen LogP contribution in [0.4, 0.5) is 74.6 Å². The molecule has 0 aliphatic heterocycles. The summed E-state index contributed by atoms with van der Waals surface area (Å²) in [5.41, 5.74) is -1.41. The highest BCUT2D eigenvalue weighted by molar-refractivity contribution is 6.76. The average Bonchev–Trinajstić information content (AvgIpc) is 3.21. The predicted molar refractivity (Wildman–Crippen MR) is 200 cm³/mol. The van der Waals surface area contributed by atoms with Crippen LogP contribution in [-0.2, 0) is 19.6 Å². The minimum atomic E-state index is -8.71. The molecule has 0 aliphatic carbocycles. The summed E-state index contributed by atoms with van der Waals surface area (Å²) in [6.07, 6.45) is -11.4. The van der Waals surface area contributed by atoms with Gasteiger partial charge in [-0.1, -0.05) is 133 Å². The molecular formula is C42H45F17O3Si. The number of aldehydes is 1. The van der Waals surface area contributed by atoms with Gasteiger partial charge >= 0.3 is 47.6 Å². The molecule has 0 amide bonds. The number of carbonyl (C=O) groups excluding carboxylic acids is 1. The summed E-state index contributed by atoms with van der Waals surface area (Å²) in [5.74, 6) is -59.0. The Morgan fingerprint density at radius 3 is 1.16 bits per heavy atom. The fourth-order valence-electron chi connectivity index (χ4n) is 7.47. The predicted octanol–water partition coefficient (Wildman–Crippen LogP) is 14.0. The molecule has 3 nitrogen and oxygen atoms in total. The molecule has 63 heavy (non-hydrogen) atoms. The van der Waals surface area contributed by atoms with Crippen LogP contribution in [-0.4, -0.2) is 74.9 Å². The van der Waals surface area contributed by atoms with Crippen molar-refractivity contribution in [3.05, 3.63) is 108 Å². The molecular weight excluding hydrogens is 904 g/mol. The molecule has 3 aromatic rings. The van der Waals surface area contributed by atoms with Crippen LogP contribution in [0.15, 0.2) is 91.0 Å². The van der Waals surface area contributed by atoms with E-state index in [4.69, 9.17) is 9.16 Å². The molecule has 0 N–H and O–H groups in total. The van der Waals surface area contributed by atoms with Gasteiger partial charge in [-0.2, -0.15) is 74.6 Å². The van der Waals surface area contributed by atoms with E-state index in [1.54, 1.807) is 91.0 Å². The molecule has 3 aromatic carbocycles. The lowest BCUT2D eigenvalue weighted by Gasteiger charge is -2.46. The first-order valence-corrected chi connectivity index (χ1v) is 21.5. The molecule has 0 fully saturated rings. The summed E-state index contributed by atoms with van der Waals surface area (Å²) in [6.45, 7) is 7.93. The number of benzene rings is 3. The third-order valence-corrected chi connectivity index (χ3v) is 17.0. The third-order valence-electron chi connectivity index (χ3n) is 11.3. The Labute approximate surface area is 353 Å². The number of hydrogen-bond acceptors (Lipinski definition) is 3. The van der Waals surface area contributed by atoms with Crippen LogP contribution in [0.2, 0.25) is 17.1 Å². The van der Waals surface area contributed by atoms with Crippen molar-refractivity contribution in [1.29, 1.82) is 0 Å². The fraction of sp³-hybridized carbons (Fsp3) is 0.548. The van der Waals surface area contributed by atoms with Crippen molar-refractivity contribution >= 4 is 14.6 Å². The Kier molecular flexibility index (Phi) is 15.9. The van der Waals surface area contributed by atoms with Gasteiger partial charge in [-0.15, -0.1) is 0 Å². The second-order valence-electron chi connectivity index (χ2n) is 16.1. The minimum absolute atomic E-state index is 0.288. The van der Waals surface area contributed by atoms with E-state index in [9.17, 15) is 61.9 Å². The number of rotatable bonds is 22. The average molecular weight is 949 g/mol. The monoisotopic (exact) mass is 948 g/mol. The summed E-state index contributed by atoms with van der Waals surface area (Å²) < 4.78 is 253. The van der Waals surface area contributed by atoms with Gasteiger partial charge in [0.2, 0.25) is 0 Å². The smallest absolute Gasteiger partial charge is 0.412 e. The normalized spacial score (nSPS) is 16.0. The molecule has 354 valence electrons. The van der Waals surface area contributed by atoms with Crippen LogP contribution in [0.3, 0.4) is 0 Å². The lowest BCUT2D eigenvalue weighted by molar-refractivity contribution is -0.461. The zero-order chi connectivity index (χ0) is 48.5. The molecule has 0 aromatic heterocycles. The molecule has 3 rings (SSSR count). The van der Waals surface area contributed by atoms with Gasteiger partial charge in [0.05, 0.1) is 12.7 Å². The van der Waals surface area contributed by atoms with Crippen LogP contribution in [0.25, 0.3) is 0 Å². The summed E-state index contributed by atoms with van der Waals surface area (Å²) in [7, 11) is -4.28. The molecule has 21 heteroatoms. The Balaban J connectivity index is 2.08. The number of halogens is 17. The van der Waals surface area contributed by atoms with Crippen molar-refractivity contribution in [2.45, 2.75) is 124 Å². The lowest BCUT2D eigenvalue weighted by atomic mass is 9.80. The first-order valence-electron chi connectivity index (χ1n) is 19.3. The van der Waals surface area contributed by atoms with E-state index in [2.05, 4.69) is 0 Å². The standard InChI is InChI=1S/C42H45F17O3Si/c1-26(2)63(27(3)4,23-22-34(43,44)36(45,46)37(47,48)38(49,50)39(51,52)40(53,54)41(55,56)42(57,58)59)62-33(28(5)24-60)29(6)25-61-35(30-16-10-7-11-17-30,31-18-12-8-13-19-31)32-20-14-9-15-21-32/h7-21,24,26-29,33H,22-23,25H2,1-6H3. The van der Waals surface area contributed by atoms with Crippen molar-refractivity contribution in [3.63, 3.8) is 0 Å². The van der Waals surface area contributed by atoms with E-state index >= 15 is 17.6 Å². The Morgan fingerprint density at radius 1 is 0.508 bits per heavy atom. The topological polar surface area (TPSA) is 35.5 Å². The van der Waals surface area contributed by atoms with Crippen LogP contribution in [0.5, 0.6) is 0 Å². The quantitative estimate of drug-likeness (QED) is 0.0436. The van der Waals surface area contributed by atoms with Crippen LogP contribution < -0.4 is 0 Å². The summed E-state index contributed by atoms with van der Waals surface area (Å²) in [4.78, 5) is 12.4. The van der Waals surface area contributed by atoms with E-state index in [0.717, 1.165) is 0 Å². The molecule has 0 saturated heterocycles. The second kappa shape index (κ2) is 18.6. The third kappa shape index (κ3) is 9.25. The van der Waals surface area contributed by atoms with Gasteiger partial charge in [0.1, 0.15) is 11.9 Å². The summed E-state index contributed by atoms with van der Waals surface area (Å²) in [5, 5.41) is 0. The molecule has 0 heterocycles. The Morgan fingerprint density at radius 2 is 0.841 bits per heavy atom. The van der Waals surface area contributed by atoms with Crippen LogP contribution in [0.1, 0.15) is 64.7 Å². The zero-order valence-electron chi connectivity index (χ0n) is 34.4. The molecule has 0 spiro atoms. The van der Waals surface area contributed by atoms with Gasteiger partial charge < -0.3 is 14.0 Å². The van der Waals surface area contributed by atoms with Gasteiger partial charge in [0.25, 0.3) is 0 Å². The molecule has 3 atom stereocenters. The van der Waals surface area contributed by atoms with Crippen molar-refractivity contribution in [2.24, 2.45) is 11.8 Å². The highest BCUT2D eigenvalue weighted by Gasteiger charge is 2.95. The van der Waals surface area contributed by atoms with E-state index in [-0.39, 0.29) is 6.61 Å². The first-order chi connectivity index (χ1) is 28.6. The minimum Gasteiger partial charge on any atom is -0.412 e. The number of carbonyl (C=O) groups is 1. The lowest BCUT2D eigenvalue weighted by Crippen LogP contribution is -2.74. The highest BCUT2D eigenvalue weighted by Crippen LogP contribution is 2.64. The maximum Gasteiger partial charge on any atom is 0.460 e. The van der Waals surface area contributed by atoms with E-state index in [1.165, 1.54) is 41.5 Å². The van der Waals surface area contributed by atoms with Gasteiger partial charge in [-0.3, -0.25) is 0 Å². The fourth-order valence-corrected chi connectivity index (χ4v) is 12.3. The van der Waals surface area contributed by atoms with Gasteiger partial charge in [-0.25, -0.2) is 0 Å². The number of ether oxygens (including phenoxy) is 1. The Bertz CT molecular complexity index is 1820. The van der Waals surface area contributed by atoms with E-state index < -0.39 is 103 Å². The molecule has 3 unspecified atom stereocenters. The summed E-state index contributed by atoms with van der Waals surface area (Å²) >= 11 is 0. The van der Waals surface area contributed by atoms with E-state index in [1.807, 2.05) is 0 Å². The zero-order valence-corrected chi connectivity index (χ0v) is 35.4. The van der Waals surface area contributed by atoms with E-state index in [0.29, 0.717) is 23.0 Å².